The second-order valence-corrected chi connectivity index (χ2v) is 4.40. The molecule has 1 unspecified atom stereocenters. The highest BCUT2D eigenvalue weighted by atomic mass is 14.9. The zero-order valence-electron chi connectivity index (χ0n) is 9.31. The van der Waals surface area contributed by atoms with Crippen molar-refractivity contribution in [2.24, 2.45) is 0 Å². The van der Waals surface area contributed by atoms with Crippen LogP contribution >= 0.6 is 0 Å². The van der Waals surface area contributed by atoms with Crippen LogP contribution in [0.15, 0.2) is 0 Å². The van der Waals surface area contributed by atoms with E-state index in [0.717, 1.165) is 12.1 Å². The molecule has 1 aliphatic rings. The van der Waals surface area contributed by atoms with Gasteiger partial charge in [-0.05, 0) is 25.7 Å². The maximum Gasteiger partial charge on any atom is 0.00696 e. The van der Waals surface area contributed by atoms with Crippen LogP contribution in [0, 0.1) is 0 Å². The summed E-state index contributed by atoms with van der Waals surface area (Å²) in [6.45, 7) is 4.58. The molecule has 13 heavy (non-hydrogen) atoms. The van der Waals surface area contributed by atoms with Gasteiger partial charge in [0.15, 0.2) is 0 Å². The third kappa shape index (κ3) is 4.12. The van der Waals surface area contributed by atoms with E-state index >= 15 is 0 Å². The van der Waals surface area contributed by atoms with Crippen LogP contribution in [0.4, 0.5) is 0 Å². The average Bonchev–Trinajstić information content (AvgIpc) is 2.19. The van der Waals surface area contributed by atoms with Gasteiger partial charge in [-0.2, -0.15) is 0 Å². The maximum absolute atomic E-state index is 3.81. The van der Waals surface area contributed by atoms with Crippen LogP contribution in [0.2, 0.25) is 0 Å². The summed E-state index contributed by atoms with van der Waals surface area (Å²) in [5.41, 5.74) is 0. The molecule has 1 rings (SSSR count). The van der Waals surface area contributed by atoms with Crippen LogP contribution in [0.5, 0.6) is 0 Å². The fourth-order valence-corrected chi connectivity index (χ4v) is 2.36. The fraction of sp³-hybridized carbons (Fsp3) is 1.00. The van der Waals surface area contributed by atoms with Crippen molar-refractivity contribution >= 4 is 0 Å². The second kappa shape index (κ2) is 6.42. The van der Waals surface area contributed by atoms with Crippen LogP contribution < -0.4 is 5.32 Å². The first kappa shape index (κ1) is 11.0. The Morgan fingerprint density at radius 1 is 1.15 bits per heavy atom. The first-order chi connectivity index (χ1) is 6.36. The molecule has 1 atom stereocenters. The van der Waals surface area contributed by atoms with E-state index in [0.29, 0.717) is 0 Å². The van der Waals surface area contributed by atoms with E-state index in [1.807, 2.05) is 0 Å². The molecule has 0 aromatic rings. The Hall–Kier alpha value is -0.0400. The molecular weight excluding hydrogens is 158 g/mol. The molecule has 1 heteroatoms. The van der Waals surface area contributed by atoms with Crippen LogP contribution in [0.1, 0.15) is 65.2 Å². The molecule has 0 saturated heterocycles. The topological polar surface area (TPSA) is 12.0 Å². The SMILES string of the molecule is CCCC(CC)NC1CCCCC1. The van der Waals surface area contributed by atoms with E-state index in [2.05, 4.69) is 19.2 Å². The molecule has 1 aliphatic carbocycles. The van der Waals surface area contributed by atoms with Gasteiger partial charge >= 0.3 is 0 Å². The monoisotopic (exact) mass is 183 g/mol. The second-order valence-electron chi connectivity index (χ2n) is 4.40. The summed E-state index contributed by atoms with van der Waals surface area (Å²) in [5.74, 6) is 0. The van der Waals surface area contributed by atoms with Crippen molar-refractivity contribution in [3.63, 3.8) is 0 Å². The molecule has 0 aromatic carbocycles. The van der Waals surface area contributed by atoms with E-state index in [1.165, 1.54) is 51.4 Å². The first-order valence-electron chi connectivity index (χ1n) is 6.12. The van der Waals surface area contributed by atoms with Gasteiger partial charge in [-0.3, -0.25) is 0 Å². The van der Waals surface area contributed by atoms with E-state index in [-0.39, 0.29) is 0 Å². The van der Waals surface area contributed by atoms with Crippen molar-refractivity contribution in [2.45, 2.75) is 77.3 Å². The molecule has 1 fully saturated rings. The van der Waals surface area contributed by atoms with Crippen molar-refractivity contribution in [2.75, 3.05) is 0 Å². The van der Waals surface area contributed by atoms with E-state index in [4.69, 9.17) is 0 Å². The molecular formula is C12H25N. The van der Waals surface area contributed by atoms with Gasteiger partial charge in [0.05, 0.1) is 0 Å². The predicted octanol–water partition coefficient (Wildman–Crippen LogP) is 3.49. The molecule has 1 saturated carbocycles. The smallest absolute Gasteiger partial charge is 0.00696 e. The van der Waals surface area contributed by atoms with E-state index in [1.54, 1.807) is 0 Å². The Morgan fingerprint density at radius 3 is 2.38 bits per heavy atom. The largest absolute Gasteiger partial charge is 0.311 e. The van der Waals surface area contributed by atoms with Crippen molar-refractivity contribution in [3.8, 4) is 0 Å². The van der Waals surface area contributed by atoms with Crippen LogP contribution in [0.3, 0.4) is 0 Å². The van der Waals surface area contributed by atoms with Crippen LogP contribution in [-0.2, 0) is 0 Å². The molecule has 0 radical (unpaired) electrons. The number of rotatable bonds is 5. The molecule has 0 amide bonds. The summed E-state index contributed by atoms with van der Waals surface area (Å²) < 4.78 is 0. The van der Waals surface area contributed by atoms with Gasteiger partial charge in [-0.15, -0.1) is 0 Å². The normalized spacial score (nSPS) is 21.7. The fourth-order valence-electron chi connectivity index (χ4n) is 2.36. The summed E-state index contributed by atoms with van der Waals surface area (Å²) in [6, 6.07) is 1.62. The van der Waals surface area contributed by atoms with E-state index in [9.17, 15) is 0 Å². The van der Waals surface area contributed by atoms with Gasteiger partial charge in [-0.1, -0.05) is 39.5 Å². The Morgan fingerprint density at radius 2 is 1.85 bits per heavy atom. The first-order valence-corrected chi connectivity index (χ1v) is 6.12. The van der Waals surface area contributed by atoms with Gasteiger partial charge in [-0.25, -0.2) is 0 Å². The average molecular weight is 183 g/mol. The lowest BCUT2D eigenvalue weighted by Gasteiger charge is -2.27. The number of hydrogen-bond donors (Lipinski definition) is 1. The minimum absolute atomic E-state index is 0.785. The van der Waals surface area contributed by atoms with Gasteiger partial charge < -0.3 is 5.32 Å². The summed E-state index contributed by atoms with van der Waals surface area (Å²) >= 11 is 0. The van der Waals surface area contributed by atoms with Crippen LogP contribution in [0.25, 0.3) is 0 Å². The zero-order chi connectivity index (χ0) is 9.52. The lowest BCUT2D eigenvalue weighted by Crippen LogP contribution is -2.39. The zero-order valence-corrected chi connectivity index (χ0v) is 9.31. The third-order valence-corrected chi connectivity index (χ3v) is 3.21. The summed E-state index contributed by atoms with van der Waals surface area (Å²) in [5, 5.41) is 3.81. The summed E-state index contributed by atoms with van der Waals surface area (Å²) in [4.78, 5) is 0. The minimum atomic E-state index is 0.785. The predicted molar refractivity (Wildman–Crippen MR) is 59.0 cm³/mol. The van der Waals surface area contributed by atoms with Gasteiger partial charge in [0, 0.05) is 12.1 Å². The number of hydrogen-bond acceptors (Lipinski definition) is 1. The van der Waals surface area contributed by atoms with Crippen molar-refractivity contribution in [3.05, 3.63) is 0 Å². The summed E-state index contributed by atoms with van der Waals surface area (Å²) in [6.07, 6.45) is 11.2. The lowest BCUT2D eigenvalue weighted by molar-refractivity contribution is 0.321. The maximum atomic E-state index is 3.81. The highest BCUT2D eigenvalue weighted by Crippen LogP contribution is 2.18. The Kier molecular flexibility index (Phi) is 5.45. The highest BCUT2D eigenvalue weighted by Gasteiger charge is 2.15. The Bertz CT molecular complexity index is 114. The molecule has 0 aliphatic heterocycles. The molecule has 0 spiro atoms. The van der Waals surface area contributed by atoms with Gasteiger partial charge in [0.1, 0.15) is 0 Å². The molecule has 0 heterocycles. The van der Waals surface area contributed by atoms with Crippen LogP contribution in [-0.4, -0.2) is 12.1 Å². The van der Waals surface area contributed by atoms with Crippen molar-refractivity contribution in [1.29, 1.82) is 0 Å². The minimum Gasteiger partial charge on any atom is -0.311 e. The standard InChI is InChI=1S/C12H25N/c1-3-8-11(4-2)13-12-9-6-5-7-10-12/h11-13H,3-10H2,1-2H3. The number of nitrogens with one attached hydrogen (secondary N) is 1. The molecule has 1 nitrogen and oxygen atoms in total. The highest BCUT2D eigenvalue weighted by molar-refractivity contribution is 4.76. The summed E-state index contributed by atoms with van der Waals surface area (Å²) in [7, 11) is 0. The van der Waals surface area contributed by atoms with Gasteiger partial charge in [0.2, 0.25) is 0 Å². The lowest BCUT2D eigenvalue weighted by atomic mass is 9.94. The van der Waals surface area contributed by atoms with Crippen molar-refractivity contribution in [1.82, 2.24) is 5.32 Å². The molecule has 0 aromatic heterocycles. The molecule has 1 N–H and O–H groups in total. The van der Waals surface area contributed by atoms with Crippen molar-refractivity contribution < 1.29 is 0 Å². The molecule has 0 bridgehead atoms. The quantitative estimate of drug-likeness (QED) is 0.688. The van der Waals surface area contributed by atoms with Gasteiger partial charge in [0.25, 0.3) is 0 Å². The third-order valence-electron chi connectivity index (χ3n) is 3.21. The molecule has 78 valence electrons. The Labute approximate surface area is 83.3 Å². The Balaban J connectivity index is 2.18. The van der Waals surface area contributed by atoms with E-state index < -0.39 is 0 Å².